The molecule has 2 N–H and O–H groups in total. The Labute approximate surface area is 177 Å². The molecule has 9 nitrogen and oxygen atoms in total. The number of phenols is 1. The van der Waals surface area contributed by atoms with Crippen LogP contribution in [0.25, 0.3) is 0 Å². The lowest BCUT2D eigenvalue weighted by Gasteiger charge is -2.16. The first kappa shape index (κ1) is 22.6. The number of carbonyl (C=O) groups excluding carboxylic acids is 2. The van der Waals surface area contributed by atoms with Gasteiger partial charge in [-0.3, -0.25) is 4.79 Å². The van der Waals surface area contributed by atoms with Crippen molar-refractivity contribution in [1.82, 2.24) is 15.5 Å². The van der Waals surface area contributed by atoms with Crippen molar-refractivity contribution in [2.75, 3.05) is 26.5 Å². The molecule has 0 saturated heterocycles. The maximum atomic E-state index is 12.2. The van der Waals surface area contributed by atoms with Crippen molar-refractivity contribution in [1.29, 1.82) is 0 Å². The molecule has 2 aromatic rings. The number of hydrogen-bond donors (Lipinski definition) is 2. The fourth-order valence-electron chi connectivity index (χ4n) is 2.51. The number of aromatic nitrogens is 2. The van der Waals surface area contributed by atoms with E-state index in [0.29, 0.717) is 40.8 Å². The van der Waals surface area contributed by atoms with Crippen LogP contribution in [0.5, 0.6) is 11.5 Å². The number of benzene rings is 1. The van der Waals surface area contributed by atoms with E-state index in [2.05, 4.69) is 15.5 Å². The molecule has 156 valence electrons. The summed E-state index contributed by atoms with van der Waals surface area (Å²) in [4.78, 5) is 28.0. The Morgan fingerprint density at radius 3 is 2.66 bits per heavy atom. The highest BCUT2D eigenvalue weighted by Gasteiger charge is 2.22. The standard InChI is InChI=1S/C18H21N3O6S2/c1-9-13(25-3)7-12(22)11(14(9)18(24)26-4)8-29-6-5-19-16(23)15(28)17-20-10(2)21-27-17/h7,22H,5-6,8H2,1-4H3,(H,19,23). The van der Waals surface area contributed by atoms with Gasteiger partial charge in [0.1, 0.15) is 11.5 Å². The molecule has 0 aliphatic heterocycles. The van der Waals surface area contributed by atoms with Gasteiger partial charge in [-0.05, 0) is 13.8 Å². The summed E-state index contributed by atoms with van der Waals surface area (Å²) >= 11 is 6.43. The van der Waals surface area contributed by atoms with Crippen molar-refractivity contribution >= 4 is 40.7 Å². The number of nitrogens with zero attached hydrogens (tertiary/aromatic N) is 2. The Morgan fingerprint density at radius 1 is 1.34 bits per heavy atom. The minimum atomic E-state index is -0.555. The summed E-state index contributed by atoms with van der Waals surface area (Å²) < 4.78 is 14.9. The molecule has 0 aliphatic carbocycles. The number of aryl methyl sites for hydroxylation is 1. The predicted molar refractivity (Wildman–Crippen MR) is 111 cm³/mol. The normalized spacial score (nSPS) is 10.5. The average Bonchev–Trinajstić information content (AvgIpc) is 3.14. The van der Waals surface area contributed by atoms with E-state index >= 15 is 0 Å². The smallest absolute Gasteiger partial charge is 0.338 e. The average molecular weight is 440 g/mol. The van der Waals surface area contributed by atoms with Gasteiger partial charge in [0.05, 0.1) is 19.8 Å². The Kier molecular flexibility index (Phi) is 7.97. The van der Waals surface area contributed by atoms with E-state index in [1.54, 1.807) is 13.8 Å². The third kappa shape index (κ3) is 5.45. The zero-order chi connectivity index (χ0) is 21.6. The molecule has 0 aliphatic rings. The quantitative estimate of drug-likeness (QED) is 0.259. The predicted octanol–water partition coefficient (Wildman–Crippen LogP) is 1.95. The number of phenolic OH excluding ortho intramolecular Hbond substituents is 1. The molecule has 2 rings (SSSR count). The van der Waals surface area contributed by atoms with E-state index in [0.717, 1.165) is 0 Å². The number of thiocarbonyl (C=S) groups is 1. The Hall–Kier alpha value is -2.66. The minimum absolute atomic E-state index is 0.00371. The van der Waals surface area contributed by atoms with Crippen molar-refractivity contribution in [3.05, 3.63) is 34.5 Å². The first-order chi connectivity index (χ1) is 13.8. The van der Waals surface area contributed by atoms with Crippen LogP contribution in [0.1, 0.15) is 33.2 Å². The number of carbonyl (C=O) groups is 2. The second-order valence-electron chi connectivity index (χ2n) is 5.85. The molecule has 0 radical (unpaired) electrons. The van der Waals surface area contributed by atoms with Gasteiger partial charge in [0.2, 0.25) is 0 Å². The molecule has 0 atom stereocenters. The van der Waals surface area contributed by atoms with E-state index < -0.39 is 11.9 Å². The molecule has 0 bridgehead atoms. The number of ether oxygens (including phenoxy) is 2. The summed E-state index contributed by atoms with van der Waals surface area (Å²) in [5.74, 6) is 0.548. The van der Waals surface area contributed by atoms with Gasteiger partial charge in [-0.25, -0.2) is 4.79 Å². The van der Waals surface area contributed by atoms with Crippen molar-refractivity contribution in [3.8, 4) is 11.5 Å². The lowest BCUT2D eigenvalue weighted by molar-refractivity contribution is -0.114. The van der Waals surface area contributed by atoms with Gasteiger partial charge in [0.15, 0.2) is 10.7 Å². The van der Waals surface area contributed by atoms with E-state index in [4.69, 9.17) is 26.2 Å². The van der Waals surface area contributed by atoms with Crippen LogP contribution in [0.15, 0.2) is 10.6 Å². The number of thioether (sulfide) groups is 1. The number of amides is 1. The minimum Gasteiger partial charge on any atom is -0.507 e. The first-order valence-corrected chi connectivity index (χ1v) is 10.0. The van der Waals surface area contributed by atoms with Gasteiger partial charge in [-0.2, -0.15) is 16.7 Å². The van der Waals surface area contributed by atoms with Crippen LogP contribution in [0.3, 0.4) is 0 Å². The van der Waals surface area contributed by atoms with Crippen LogP contribution < -0.4 is 10.1 Å². The molecule has 29 heavy (non-hydrogen) atoms. The Bertz CT molecular complexity index is 929. The monoisotopic (exact) mass is 439 g/mol. The molecule has 0 spiro atoms. The summed E-state index contributed by atoms with van der Waals surface area (Å²) in [6, 6.07) is 1.46. The molecule has 1 heterocycles. The van der Waals surface area contributed by atoms with Crippen LogP contribution in [-0.4, -0.2) is 58.5 Å². The van der Waals surface area contributed by atoms with Gasteiger partial charge in [-0.1, -0.05) is 17.4 Å². The molecule has 0 fully saturated rings. The highest BCUT2D eigenvalue weighted by Crippen LogP contribution is 2.35. The highest BCUT2D eigenvalue weighted by atomic mass is 32.2. The fraction of sp³-hybridized carbons (Fsp3) is 0.389. The summed E-state index contributed by atoms with van der Waals surface area (Å²) in [6.07, 6.45) is 0. The van der Waals surface area contributed by atoms with E-state index in [1.165, 1.54) is 32.0 Å². The number of hydrogen-bond acceptors (Lipinski definition) is 10. The van der Waals surface area contributed by atoms with Crippen LogP contribution in [0, 0.1) is 13.8 Å². The van der Waals surface area contributed by atoms with Gasteiger partial charge >= 0.3 is 5.97 Å². The number of nitrogens with one attached hydrogen (secondary N) is 1. The summed E-state index contributed by atoms with van der Waals surface area (Å²) in [5, 5.41) is 16.6. The summed E-state index contributed by atoms with van der Waals surface area (Å²) in [7, 11) is 2.73. The number of esters is 1. The largest absolute Gasteiger partial charge is 0.507 e. The molecule has 1 aromatic heterocycles. The molecular formula is C18H21N3O6S2. The second-order valence-corrected chi connectivity index (χ2v) is 7.37. The molecule has 1 aromatic carbocycles. The first-order valence-electron chi connectivity index (χ1n) is 8.48. The van der Waals surface area contributed by atoms with E-state index in [1.807, 2.05) is 0 Å². The molecule has 0 saturated carbocycles. The molecular weight excluding hydrogens is 418 g/mol. The third-order valence-electron chi connectivity index (χ3n) is 3.94. The summed E-state index contributed by atoms with van der Waals surface area (Å²) in [5.41, 5.74) is 1.30. The van der Waals surface area contributed by atoms with E-state index in [9.17, 15) is 14.7 Å². The Balaban J connectivity index is 1.95. The number of methoxy groups -OCH3 is 2. The highest BCUT2D eigenvalue weighted by molar-refractivity contribution is 7.98. The van der Waals surface area contributed by atoms with Crippen LogP contribution >= 0.6 is 24.0 Å². The van der Waals surface area contributed by atoms with Crippen LogP contribution in [-0.2, 0) is 15.3 Å². The molecule has 0 unspecified atom stereocenters. The number of aromatic hydroxyl groups is 1. The lowest BCUT2D eigenvalue weighted by atomic mass is 10.0. The zero-order valence-electron chi connectivity index (χ0n) is 16.4. The zero-order valence-corrected chi connectivity index (χ0v) is 18.0. The lowest BCUT2D eigenvalue weighted by Crippen LogP contribution is -2.32. The van der Waals surface area contributed by atoms with Crippen molar-refractivity contribution < 1.29 is 28.7 Å². The summed E-state index contributed by atoms with van der Waals surface area (Å²) in [6.45, 7) is 3.67. The maximum Gasteiger partial charge on any atom is 0.338 e. The van der Waals surface area contributed by atoms with Crippen molar-refractivity contribution in [3.63, 3.8) is 0 Å². The molecule has 11 heteroatoms. The van der Waals surface area contributed by atoms with E-state index in [-0.39, 0.29) is 22.1 Å². The second kappa shape index (κ2) is 10.2. The maximum absolute atomic E-state index is 12.2. The van der Waals surface area contributed by atoms with Crippen molar-refractivity contribution in [2.45, 2.75) is 19.6 Å². The van der Waals surface area contributed by atoms with Crippen LogP contribution in [0.4, 0.5) is 0 Å². The van der Waals surface area contributed by atoms with Gasteiger partial charge in [0.25, 0.3) is 11.8 Å². The third-order valence-corrected chi connectivity index (χ3v) is 5.28. The molecule has 1 amide bonds. The van der Waals surface area contributed by atoms with Gasteiger partial charge in [-0.15, -0.1) is 0 Å². The Morgan fingerprint density at radius 2 is 2.07 bits per heavy atom. The van der Waals surface area contributed by atoms with Gasteiger partial charge < -0.3 is 24.4 Å². The topological polar surface area (TPSA) is 124 Å². The fourth-order valence-corrected chi connectivity index (χ4v) is 3.55. The van der Waals surface area contributed by atoms with Crippen LogP contribution in [0.2, 0.25) is 0 Å². The van der Waals surface area contributed by atoms with Crippen molar-refractivity contribution in [2.24, 2.45) is 0 Å². The van der Waals surface area contributed by atoms with Gasteiger partial charge in [0, 0.05) is 35.2 Å². The SMILES string of the molecule is COC(=O)c1c(C)c(OC)cc(O)c1CSCCNC(=O)C(=S)c1nc(C)no1. The number of rotatable bonds is 9.